The first-order valence-corrected chi connectivity index (χ1v) is 8.93. The van der Waals surface area contributed by atoms with Crippen molar-refractivity contribution in [2.24, 2.45) is 0 Å². The van der Waals surface area contributed by atoms with E-state index in [9.17, 15) is 18.4 Å². The fraction of sp³-hybridized carbons (Fsp3) is 0.600. The number of hydrogen-bond donors (Lipinski definition) is 3. The van der Waals surface area contributed by atoms with E-state index in [1.165, 1.54) is 6.20 Å². The van der Waals surface area contributed by atoms with Gasteiger partial charge in [0.2, 0.25) is 5.91 Å². The number of halogens is 2. The van der Waals surface area contributed by atoms with Gasteiger partial charge in [-0.3, -0.25) is 20.4 Å². The highest BCUT2D eigenvalue weighted by Crippen LogP contribution is 2.37. The second kappa shape index (κ2) is 7.62. The minimum Gasteiger partial charge on any atom is -0.324 e. The Bertz CT molecular complexity index is 663. The van der Waals surface area contributed by atoms with E-state index in [4.69, 9.17) is 0 Å². The molecule has 0 aromatic carbocycles. The maximum absolute atomic E-state index is 13.6. The summed E-state index contributed by atoms with van der Waals surface area (Å²) >= 11 is 1.62. The number of aromatic nitrogens is 1. The predicted molar refractivity (Wildman–Crippen MR) is 89.2 cm³/mol. The van der Waals surface area contributed by atoms with Gasteiger partial charge in [0, 0.05) is 30.1 Å². The molecule has 1 aromatic rings. The first-order chi connectivity index (χ1) is 11.6. The molecule has 0 bridgehead atoms. The highest BCUT2D eigenvalue weighted by Gasteiger charge is 2.36. The average Bonchev–Trinajstić information content (AvgIpc) is 3.23. The van der Waals surface area contributed by atoms with Crippen LogP contribution in [0.2, 0.25) is 0 Å². The maximum atomic E-state index is 13.6. The summed E-state index contributed by atoms with van der Waals surface area (Å²) in [7, 11) is 0. The maximum Gasteiger partial charge on any atom is 0.286 e. The molecule has 1 amide bonds. The van der Waals surface area contributed by atoms with Crippen LogP contribution in [0.3, 0.4) is 0 Å². The predicted octanol–water partition coefficient (Wildman–Crippen LogP) is 1.03. The number of aryl methyl sites for hydroxylation is 1. The van der Waals surface area contributed by atoms with Crippen molar-refractivity contribution in [3.05, 3.63) is 28.4 Å². The largest absolute Gasteiger partial charge is 0.324 e. The normalized spacial score (nSPS) is 26.7. The molecule has 3 rings (SSSR count). The standard InChI is InChI=1S/C15H20F2N4O2S/c16-4-6-21-8-9(7-10(17)15(21)23)19-14(22)13-2-1-12(24-13)11-3-5-18-20-11/h7-8,11-13,18,20H,1-6H2,(H,19,22). The summed E-state index contributed by atoms with van der Waals surface area (Å²) in [4.78, 5) is 23.9. The smallest absolute Gasteiger partial charge is 0.286 e. The zero-order chi connectivity index (χ0) is 17.1. The van der Waals surface area contributed by atoms with Crippen molar-refractivity contribution >= 4 is 23.4 Å². The highest BCUT2D eigenvalue weighted by molar-refractivity contribution is 8.01. The summed E-state index contributed by atoms with van der Waals surface area (Å²) < 4.78 is 27.0. The Hall–Kier alpha value is -1.45. The summed E-state index contributed by atoms with van der Waals surface area (Å²) in [5, 5.41) is 2.81. The van der Waals surface area contributed by atoms with E-state index in [2.05, 4.69) is 16.2 Å². The van der Waals surface area contributed by atoms with Crippen molar-refractivity contribution in [1.82, 2.24) is 15.4 Å². The monoisotopic (exact) mass is 358 g/mol. The third-order valence-corrected chi connectivity index (χ3v) is 5.99. The van der Waals surface area contributed by atoms with E-state index in [0.29, 0.717) is 11.3 Å². The molecule has 2 aliphatic rings. The molecule has 0 aliphatic carbocycles. The summed E-state index contributed by atoms with van der Waals surface area (Å²) in [5.74, 6) is -1.21. The first kappa shape index (κ1) is 17.4. The molecule has 3 heterocycles. The minimum absolute atomic E-state index is 0.176. The topological polar surface area (TPSA) is 75.2 Å². The zero-order valence-electron chi connectivity index (χ0n) is 13.1. The van der Waals surface area contributed by atoms with Crippen LogP contribution in [0.15, 0.2) is 17.1 Å². The van der Waals surface area contributed by atoms with E-state index in [0.717, 1.165) is 36.4 Å². The molecule has 24 heavy (non-hydrogen) atoms. The fourth-order valence-corrected chi connectivity index (χ4v) is 4.62. The van der Waals surface area contributed by atoms with E-state index in [-0.39, 0.29) is 23.4 Å². The van der Waals surface area contributed by atoms with Crippen LogP contribution >= 0.6 is 11.8 Å². The molecule has 3 atom stereocenters. The Morgan fingerprint density at radius 1 is 1.42 bits per heavy atom. The summed E-state index contributed by atoms with van der Waals surface area (Å²) in [6.07, 6.45) is 4.01. The van der Waals surface area contributed by atoms with Crippen LogP contribution in [-0.2, 0) is 11.3 Å². The van der Waals surface area contributed by atoms with Crippen molar-refractivity contribution in [3.63, 3.8) is 0 Å². The summed E-state index contributed by atoms with van der Waals surface area (Å²) in [6, 6.07) is 1.34. The molecule has 0 saturated carbocycles. The lowest BCUT2D eigenvalue weighted by Crippen LogP contribution is -2.36. The molecular weight excluding hydrogens is 338 g/mol. The SMILES string of the molecule is O=C(Nc1cc(F)c(=O)n(CCF)c1)C1CCC(C2CCNN2)S1. The molecule has 6 nitrogen and oxygen atoms in total. The second-order valence-corrected chi connectivity index (χ2v) is 7.41. The van der Waals surface area contributed by atoms with Gasteiger partial charge in [-0.2, -0.15) is 0 Å². The highest BCUT2D eigenvalue weighted by atomic mass is 32.2. The van der Waals surface area contributed by atoms with Crippen LogP contribution in [0.25, 0.3) is 0 Å². The molecule has 2 saturated heterocycles. The Morgan fingerprint density at radius 3 is 2.96 bits per heavy atom. The molecule has 2 aliphatic heterocycles. The number of hydrogen-bond acceptors (Lipinski definition) is 5. The van der Waals surface area contributed by atoms with Crippen LogP contribution < -0.4 is 21.7 Å². The Labute approximate surface area is 142 Å². The van der Waals surface area contributed by atoms with Gasteiger partial charge in [-0.05, 0) is 19.3 Å². The number of alkyl halides is 1. The van der Waals surface area contributed by atoms with Crippen molar-refractivity contribution < 1.29 is 13.6 Å². The lowest BCUT2D eigenvalue weighted by molar-refractivity contribution is -0.115. The fourth-order valence-electron chi connectivity index (χ4n) is 3.08. The number of nitrogens with one attached hydrogen (secondary N) is 3. The van der Waals surface area contributed by atoms with Crippen molar-refractivity contribution in [3.8, 4) is 0 Å². The van der Waals surface area contributed by atoms with Crippen molar-refractivity contribution in [2.75, 3.05) is 18.5 Å². The average molecular weight is 358 g/mol. The molecule has 9 heteroatoms. The number of carbonyl (C=O) groups is 1. The van der Waals surface area contributed by atoms with E-state index >= 15 is 0 Å². The van der Waals surface area contributed by atoms with Gasteiger partial charge in [-0.15, -0.1) is 11.8 Å². The number of rotatable bonds is 5. The van der Waals surface area contributed by atoms with Crippen LogP contribution in [0.5, 0.6) is 0 Å². The van der Waals surface area contributed by atoms with Crippen LogP contribution in [-0.4, -0.2) is 40.2 Å². The molecule has 132 valence electrons. The Kier molecular flexibility index (Phi) is 5.52. The van der Waals surface area contributed by atoms with Gasteiger partial charge in [0.05, 0.1) is 17.5 Å². The number of carbonyl (C=O) groups excluding carboxylic acids is 1. The third kappa shape index (κ3) is 3.79. The quantitative estimate of drug-likeness (QED) is 0.733. The van der Waals surface area contributed by atoms with Crippen LogP contribution in [0, 0.1) is 5.82 Å². The summed E-state index contributed by atoms with van der Waals surface area (Å²) in [5.41, 5.74) is 5.60. The second-order valence-electron chi connectivity index (χ2n) is 5.96. The number of nitrogens with zero attached hydrogens (tertiary/aromatic N) is 1. The number of hydrazine groups is 1. The Balaban J connectivity index is 1.63. The van der Waals surface area contributed by atoms with Gasteiger partial charge in [0.25, 0.3) is 5.56 Å². The summed E-state index contributed by atoms with van der Waals surface area (Å²) in [6.45, 7) is -0.0899. The van der Waals surface area contributed by atoms with Crippen LogP contribution in [0.1, 0.15) is 19.3 Å². The molecule has 1 aromatic heterocycles. The minimum atomic E-state index is -1.00. The van der Waals surface area contributed by atoms with E-state index in [1.54, 1.807) is 11.8 Å². The number of thioether (sulfide) groups is 1. The number of anilines is 1. The van der Waals surface area contributed by atoms with Crippen molar-refractivity contribution in [2.45, 2.75) is 42.3 Å². The Morgan fingerprint density at radius 2 is 2.25 bits per heavy atom. The first-order valence-electron chi connectivity index (χ1n) is 7.99. The number of amides is 1. The molecule has 2 fully saturated rings. The van der Waals surface area contributed by atoms with Gasteiger partial charge in [-0.25, -0.2) is 8.78 Å². The molecule has 0 radical (unpaired) electrons. The van der Waals surface area contributed by atoms with Gasteiger partial charge in [0.15, 0.2) is 5.82 Å². The third-order valence-electron chi connectivity index (χ3n) is 4.30. The van der Waals surface area contributed by atoms with Gasteiger partial charge in [-0.1, -0.05) is 0 Å². The van der Waals surface area contributed by atoms with Crippen molar-refractivity contribution in [1.29, 1.82) is 0 Å². The van der Waals surface area contributed by atoms with Gasteiger partial charge in [0.1, 0.15) is 6.67 Å². The van der Waals surface area contributed by atoms with E-state index < -0.39 is 18.1 Å². The molecule has 0 spiro atoms. The lowest BCUT2D eigenvalue weighted by atomic mass is 10.1. The number of pyridine rings is 1. The zero-order valence-corrected chi connectivity index (χ0v) is 13.9. The molecule has 3 N–H and O–H groups in total. The lowest BCUT2D eigenvalue weighted by Gasteiger charge is -2.17. The molecular formula is C15H20F2N4O2S. The van der Waals surface area contributed by atoms with E-state index in [1.807, 2.05) is 0 Å². The van der Waals surface area contributed by atoms with Gasteiger partial charge < -0.3 is 9.88 Å². The van der Waals surface area contributed by atoms with Gasteiger partial charge >= 0.3 is 0 Å². The molecule has 3 unspecified atom stereocenters. The van der Waals surface area contributed by atoms with Crippen LogP contribution in [0.4, 0.5) is 14.5 Å².